The van der Waals surface area contributed by atoms with Gasteiger partial charge in [0.05, 0.1) is 5.92 Å². The highest BCUT2D eigenvalue weighted by Gasteiger charge is 2.38. The summed E-state index contributed by atoms with van der Waals surface area (Å²) in [6.45, 7) is 0. The number of thiocarbonyl (C=S) groups is 1. The Hall–Kier alpha value is -2.61. The van der Waals surface area contributed by atoms with Crippen LogP contribution in [0.5, 0.6) is 0 Å². The van der Waals surface area contributed by atoms with Crippen molar-refractivity contribution in [2.24, 2.45) is 33.3 Å². The van der Waals surface area contributed by atoms with Crippen molar-refractivity contribution in [1.29, 1.82) is 0 Å². The van der Waals surface area contributed by atoms with E-state index in [1.165, 1.54) is 0 Å². The number of hydrogen-bond acceptors (Lipinski definition) is 5. The van der Waals surface area contributed by atoms with Gasteiger partial charge < -0.3 is 11.5 Å². The van der Waals surface area contributed by atoms with Crippen LogP contribution in [0.1, 0.15) is 27.1 Å². The molecule has 0 spiro atoms. The van der Waals surface area contributed by atoms with Gasteiger partial charge in [0.25, 0.3) is 0 Å². The van der Waals surface area contributed by atoms with Crippen LogP contribution in [-0.2, 0) is 0 Å². The second kappa shape index (κ2) is 8.82. The van der Waals surface area contributed by atoms with Crippen LogP contribution in [-0.4, -0.2) is 28.4 Å². The van der Waals surface area contributed by atoms with Crippen LogP contribution in [0.25, 0.3) is 0 Å². The number of aliphatic imine (C=N–C) groups is 2. The first-order chi connectivity index (χ1) is 13.8. The maximum atomic E-state index is 13.3. The van der Waals surface area contributed by atoms with E-state index >= 15 is 0 Å². The summed E-state index contributed by atoms with van der Waals surface area (Å²) >= 11 is 16.7. The van der Waals surface area contributed by atoms with Gasteiger partial charge >= 0.3 is 0 Å². The zero-order valence-electron chi connectivity index (χ0n) is 15.0. The summed E-state index contributed by atoms with van der Waals surface area (Å²) in [5.74, 6) is -2.23. The van der Waals surface area contributed by atoms with Gasteiger partial charge in [0.15, 0.2) is 11.6 Å². The normalized spacial score (nSPS) is 15.4. The van der Waals surface area contributed by atoms with Crippen molar-refractivity contribution < 1.29 is 9.59 Å². The molecular formula is C20H16Cl2N4O2S. The third-order valence-corrected chi connectivity index (χ3v) is 5.21. The van der Waals surface area contributed by atoms with E-state index in [4.69, 9.17) is 46.9 Å². The Balaban J connectivity index is 1.98. The van der Waals surface area contributed by atoms with Gasteiger partial charge in [-0.15, -0.1) is 0 Å². The van der Waals surface area contributed by atoms with Crippen LogP contribution >= 0.6 is 35.4 Å². The van der Waals surface area contributed by atoms with Crippen LogP contribution in [0.4, 0.5) is 0 Å². The van der Waals surface area contributed by atoms with E-state index < -0.39 is 11.8 Å². The minimum atomic E-state index is -0.907. The highest BCUT2D eigenvalue weighted by molar-refractivity contribution is 7.80. The maximum absolute atomic E-state index is 13.3. The molecule has 0 saturated heterocycles. The predicted octanol–water partition coefficient (Wildman–Crippen LogP) is 3.69. The zero-order valence-corrected chi connectivity index (χ0v) is 17.3. The molecule has 0 aliphatic carbocycles. The molecule has 29 heavy (non-hydrogen) atoms. The van der Waals surface area contributed by atoms with E-state index in [-0.39, 0.29) is 34.8 Å². The molecule has 4 N–H and O–H groups in total. The van der Waals surface area contributed by atoms with E-state index in [1.807, 2.05) is 0 Å². The van der Waals surface area contributed by atoms with E-state index in [1.54, 1.807) is 48.5 Å². The molecule has 148 valence electrons. The van der Waals surface area contributed by atoms with E-state index in [9.17, 15) is 9.59 Å². The monoisotopic (exact) mass is 446 g/mol. The topological polar surface area (TPSA) is 111 Å². The molecule has 1 heterocycles. The number of hydrogen-bond donors (Lipinski definition) is 2. The smallest absolute Gasteiger partial charge is 0.222 e. The molecule has 2 aromatic rings. The van der Waals surface area contributed by atoms with E-state index in [0.29, 0.717) is 21.2 Å². The van der Waals surface area contributed by atoms with Gasteiger partial charge in [-0.25, -0.2) is 9.98 Å². The summed E-state index contributed by atoms with van der Waals surface area (Å²) in [5, 5.41) is 0.974. The molecule has 1 atom stereocenters. The highest BCUT2D eigenvalue weighted by atomic mass is 35.5. The number of nitrogens with two attached hydrogens (primary N) is 2. The van der Waals surface area contributed by atoms with E-state index in [0.717, 1.165) is 0 Å². The van der Waals surface area contributed by atoms with Crippen molar-refractivity contribution in [3.63, 3.8) is 0 Å². The molecule has 3 rings (SSSR count). The average Bonchev–Trinajstić information content (AvgIpc) is 2.67. The predicted molar refractivity (Wildman–Crippen MR) is 119 cm³/mol. The van der Waals surface area contributed by atoms with Crippen LogP contribution < -0.4 is 11.5 Å². The molecule has 6 nitrogen and oxygen atoms in total. The number of halogens is 2. The third kappa shape index (κ3) is 4.87. The lowest BCUT2D eigenvalue weighted by atomic mass is 9.79. The second-order valence-electron chi connectivity index (χ2n) is 6.45. The summed E-state index contributed by atoms with van der Waals surface area (Å²) in [6.07, 6.45) is -0.146. The van der Waals surface area contributed by atoms with Gasteiger partial charge in [-0.1, -0.05) is 23.2 Å². The standard InChI is InChI=1S/C20H16Cl2N4O2S/c21-12-5-1-10(2-6-12)15(27)9-14(16-18(23)25-20(29)26-19(16)24)17(28)11-3-7-13(22)8-4-11/h1-8,14,16H,9H2,(H4,23,24,25,26,29). The fourth-order valence-corrected chi connectivity index (χ4v) is 3.56. The molecule has 2 aromatic carbocycles. The first-order valence-corrected chi connectivity index (χ1v) is 9.73. The minimum Gasteiger partial charge on any atom is -0.386 e. The Bertz CT molecular complexity index is 1010. The van der Waals surface area contributed by atoms with Crippen molar-refractivity contribution >= 4 is 63.8 Å². The van der Waals surface area contributed by atoms with Crippen molar-refractivity contribution in [1.82, 2.24) is 0 Å². The lowest BCUT2D eigenvalue weighted by Crippen LogP contribution is -2.46. The van der Waals surface area contributed by atoms with Crippen molar-refractivity contribution in [2.45, 2.75) is 6.42 Å². The summed E-state index contributed by atoms with van der Waals surface area (Å²) in [6, 6.07) is 12.8. The molecule has 0 bridgehead atoms. The van der Waals surface area contributed by atoms with Gasteiger partial charge in [-0.2, -0.15) is 0 Å². The fraction of sp³-hybridized carbons (Fsp3) is 0.150. The largest absolute Gasteiger partial charge is 0.386 e. The van der Waals surface area contributed by atoms with Crippen LogP contribution in [0.2, 0.25) is 10.0 Å². The number of Topliss-reactive ketones (excluding diaryl/α,β-unsaturated/α-hetero) is 2. The molecule has 9 heteroatoms. The number of carbonyl (C=O) groups excluding carboxylic acids is 2. The number of benzene rings is 2. The highest BCUT2D eigenvalue weighted by Crippen LogP contribution is 2.27. The average molecular weight is 447 g/mol. The van der Waals surface area contributed by atoms with Gasteiger partial charge in [0, 0.05) is 33.5 Å². The Morgan fingerprint density at radius 1 is 0.897 bits per heavy atom. The molecule has 1 unspecified atom stereocenters. The van der Waals surface area contributed by atoms with Crippen LogP contribution in [0, 0.1) is 11.8 Å². The number of nitrogens with zero attached hydrogens (tertiary/aromatic N) is 2. The summed E-state index contributed by atoms with van der Waals surface area (Å²) in [7, 11) is 0. The molecule has 0 saturated carbocycles. The van der Waals surface area contributed by atoms with E-state index in [2.05, 4.69) is 9.98 Å². The lowest BCUT2D eigenvalue weighted by Gasteiger charge is -2.27. The Labute approximate surface area is 182 Å². The second-order valence-corrected chi connectivity index (χ2v) is 7.68. The van der Waals surface area contributed by atoms with Crippen molar-refractivity contribution in [3.8, 4) is 0 Å². The number of carbonyl (C=O) groups is 2. The lowest BCUT2D eigenvalue weighted by molar-refractivity contribution is 0.0842. The Morgan fingerprint density at radius 2 is 1.34 bits per heavy atom. The SMILES string of the molecule is NC1=NC(=S)N=C(N)C1C(CC(=O)c1ccc(Cl)cc1)C(=O)c1ccc(Cl)cc1. The summed E-state index contributed by atoms with van der Waals surface area (Å²) in [5.41, 5.74) is 12.9. The number of ketones is 2. The number of amidine groups is 2. The summed E-state index contributed by atoms with van der Waals surface area (Å²) in [4.78, 5) is 34.1. The Kier molecular flexibility index (Phi) is 6.42. The van der Waals surface area contributed by atoms with Gasteiger partial charge in [0.2, 0.25) is 5.11 Å². The van der Waals surface area contributed by atoms with Gasteiger partial charge in [0.1, 0.15) is 11.7 Å². The molecule has 0 aromatic heterocycles. The maximum Gasteiger partial charge on any atom is 0.222 e. The minimum absolute atomic E-state index is 0.0158. The first kappa shape index (κ1) is 21.1. The molecule has 0 radical (unpaired) electrons. The zero-order chi connectivity index (χ0) is 21.1. The number of rotatable bonds is 6. The molecular weight excluding hydrogens is 431 g/mol. The fourth-order valence-electron chi connectivity index (χ4n) is 3.09. The van der Waals surface area contributed by atoms with Crippen LogP contribution in [0.3, 0.4) is 0 Å². The first-order valence-electron chi connectivity index (χ1n) is 8.57. The molecule has 1 aliphatic rings. The quantitative estimate of drug-likeness (QED) is 0.518. The van der Waals surface area contributed by atoms with Gasteiger partial charge in [-0.05, 0) is 60.7 Å². The Morgan fingerprint density at radius 3 is 1.83 bits per heavy atom. The molecule has 1 aliphatic heterocycles. The molecule has 0 amide bonds. The molecule has 0 fully saturated rings. The third-order valence-electron chi connectivity index (χ3n) is 4.53. The van der Waals surface area contributed by atoms with Crippen molar-refractivity contribution in [2.75, 3.05) is 0 Å². The van der Waals surface area contributed by atoms with Crippen LogP contribution in [0.15, 0.2) is 58.5 Å². The summed E-state index contributed by atoms with van der Waals surface area (Å²) < 4.78 is 0. The van der Waals surface area contributed by atoms with Crippen molar-refractivity contribution in [3.05, 3.63) is 69.7 Å². The van der Waals surface area contributed by atoms with Gasteiger partial charge in [-0.3, -0.25) is 9.59 Å².